The lowest BCUT2D eigenvalue weighted by Crippen LogP contribution is -2.20. The molecule has 4 rings (SSSR count). The van der Waals surface area contributed by atoms with Crippen molar-refractivity contribution in [3.05, 3.63) is 60.4 Å². The molecule has 2 aromatic heterocycles. The Labute approximate surface area is 161 Å². The van der Waals surface area contributed by atoms with Crippen LogP contribution in [0.4, 0.5) is 0 Å². The van der Waals surface area contributed by atoms with Gasteiger partial charge in [-0.3, -0.25) is 9.55 Å². The van der Waals surface area contributed by atoms with Crippen LogP contribution in [0.2, 0.25) is 0 Å². The first-order valence-corrected chi connectivity index (χ1v) is 11.1. The van der Waals surface area contributed by atoms with Gasteiger partial charge in [0.25, 0.3) is 0 Å². The van der Waals surface area contributed by atoms with Crippen molar-refractivity contribution in [2.45, 2.75) is 23.1 Å². The molecule has 1 aliphatic heterocycles. The predicted molar refractivity (Wildman–Crippen MR) is 103 cm³/mol. The minimum atomic E-state index is -3.22. The Bertz CT molecular complexity index is 1020. The topological polar surface area (TPSA) is 98.0 Å². The molecule has 1 aliphatic rings. The van der Waals surface area contributed by atoms with Crippen LogP contribution >= 0.6 is 11.8 Å². The van der Waals surface area contributed by atoms with E-state index in [4.69, 9.17) is 0 Å². The SMILES string of the molecule is O=S1(=O)C[C@H](Sc2nnc(-c3cccnc3)n2Cc2ccccc2)[C@@H](O)C1. The van der Waals surface area contributed by atoms with E-state index < -0.39 is 21.2 Å². The summed E-state index contributed by atoms with van der Waals surface area (Å²) in [6.07, 6.45) is 2.51. The highest BCUT2D eigenvalue weighted by Gasteiger charge is 2.38. The van der Waals surface area contributed by atoms with Gasteiger partial charge in [-0.15, -0.1) is 10.2 Å². The van der Waals surface area contributed by atoms with Crippen molar-refractivity contribution in [2.75, 3.05) is 11.5 Å². The minimum Gasteiger partial charge on any atom is -0.391 e. The van der Waals surface area contributed by atoms with Crippen LogP contribution in [0.1, 0.15) is 5.56 Å². The number of aliphatic hydroxyl groups is 1. The number of hydrogen-bond acceptors (Lipinski definition) is 7. The molecule has 0 spiro atoms. The van der Waals surface area contributed by atoms with Crippen LogP contribution in [0.25, 0.3) is 11.4 Å². The molecule has 27 heavy (non-hydrogen) atoms. The average molecular weight is 403 g/mol. The van der Waals surface area contributed by atoms with Gasteiger partial charge in [0.1, 0.15) is 0 Å². The number of pyridine rings is 1. The van der Waals surface area contributed by atoms with Crippen molar-refractivity contribution in [3.63, 3.8) is 0 Å². The number of benzene rings is 1. The lowest BCUT2D eigenvalue weighted by molar-refractivity contribution is 0.207. The fourth-order valence-corrected chi connectivity index (χ4v) is 6.56. The Kier molecular flexibility index (Phi) is 4.98. The Morgan fingerprint density at radius 2 is 1.93 bits per heavy atom. The molecule has 0 saturated carbocycles. The average Bonchev–Trinajstić information content (AvgIpc) is 3.16. The first-order valence-electron chi connectivity index (χ1n) is 8.44. The highest BCUT2D eigenvalue weighted by atomic mass is 32.2. The summed E-state index contributed by atoms with van der Waals surface area (Å²) in [5.74, 6) is 0.399. The van der Waals surface area contributed by atoms with Crippen LogP contribution < -0.4 is 0 Å². The molecule has 2 atom stereocenters. The van der Waals surface area contributed by atoms with Crippen LogP contribution in [0.5, 0.6) is 0 Å². The molecule has 1 aromatic carbocycles. The number of hydrogen-bond donors (Lipinski definition) is 1. The van der Waals surface area contributed by atoms with Gasteiger partial charge >= 0.3 is 0 Å². The maximum Gasteiger partial charge on any atom is 0.192 e. The highest BCUT2D eigenvalue weighted by molar-refractivity contribution is 8.01. The van der Waals surface area contributed by atoms with E-state index in [0.29, 0.717) is 17.5 Å². The summed E-state index contributed by atoms with van der Waals surface area (Å²) in [5, 5.41) is 18.8. The number of thioether (sulfide) groups is 1. The van der Waals surface area contributed by atoms with E-state index in [0.717, 1.165) is 11.1 Å². The van der Waals surface area contributed by atoms with Crippen molar-refractivity contribution in [2.24, 2.45) is 0 Å². The van der Waals surface area contributed by atoms with E-state index in [9.17, 15) is 13.5 Å². The number of aromatic nitrogens is 4. The third kappa shape index (κ3) is 4.05. The molecule has 9 heteroatoms. The molecule has 0 amide bonds. The van der Waals surface area contributed by atoms with Crippen molar-refractivity contribution in [1.29, 1.82) is 0 Å². The quantitative estimate of drug-likeness (QED) is 0.693. The summed E-state index contributed by atoms with van der Waals surface area (Å²) in [7, 11) is -3.22. The lowest BCUT2D eigenvalue weighted by atomic mass is 10.2. The molecule has 3 aromatic rings. The second-order valence-electron chi connectivity index (χ2n) is 6.42. The molecule has 0 radical (unpaired) electrons. The first kappa shape index (κ1) is 18.1. The van der Waals surface area contributed by atoms with Crippen LogP contribution in [0.15, 0.2) is 60.0 Å². The monoisotopic (exact) mass is 402 g/mol. The molecule has 0 bridgehead atoms. The van der Waals surface area contributed by atoms with E-state index in [-0.39, 0.29) is 11.5 Å². The van der Waals surface area contributed by atoms with E-state index in [1.807, 2.05) is 47.0 Å². The number of rotatable bonds is 5. The van der Waals surface area contributed by atoms with E-state index in [1.165, 1.54) is 11.8 Å². The van der Waals surface area contributed by atoms with Crippen molar-refractivity contribution < 1.29 is 13.5 Å². The Hall–Kier alpha value is -2.23. The van der Waals surface area contributed by atoms with Crippen molar-refractivity contribution in [3.8, 4) is 11.4 Å². The van der Waals surface area contributed by atoms with Gasteiger partial charge < -0.3 is 5.11 Å². The molecule has 140 valence electrons. The van der Waals surface area contributed by atoms with Gasteiger partial charge in [0, 0.05) is 18.0 Å². The molecule has 1 fully saturated rings. The zero-order valence-corrected chi connectivity index (χ0v) is 16.0. The van der Waals surface area contributed by atoms with Crippen LogP contribution in [-0.2, 0) is 16.4 Å². The molecule has 1 saturated heterocycles. The third-order valence-corrected chi connectivity index (χ3v) is 7.57. The van der Waals surface area contributed by atoms with Crippen molar-refractivity contribution in [1.82, 2.24) is 19.7 Å². The number of sulfone groups is 1. The normalized spacial score (nSPS) is 21.4. The number of nitrogens with zero attached hydrogens (tertiary/aromatic N) is 4. The second-order valence-corrected chi connectivity index (χ2v) is 9.78. The molecule has 0 aliphatic carbocycles. The Morgan fingerprint density at radius 1 is 1.11 bits per heavy atom. The second kappa shape index (κ2) is 7.41. The summed E-state index contributed by atoms with van der Waals surface area (Å²) in [6, 6.07) is 13.6. The molecule has 3 heterocycles. The Morgan fingerprint density at radius 3 is 2.59 bits per heavy atom. The summed E-state index contributed by atoms with van der Waals surface area (Å²) in [6.45, 7) is 0.538. The summed E-state index contributed by atoms with van der Waals surface area (Å²) < 4.78 is 25.6. The summed E-state index contributed by atoms with van der Waals surface area (Å²) in [5.41, 5.74) is 1.90. The van der Waals surface area contributed by atoms with Crippen LogP contribution in [-0.4, -0.2) is 56.1 Å². The fourth-order valence-electron chi connectivity index (χ4n) is 3.04. The highest BCUT2D eigenvalue weighted by Crippen LogP contribution is 2.32. The van der Waals surface area contributed by atoms with Crippen molar-refractivity contribution >= 4 is 21.6 Å². The summed E-state index contributed by atoms with van der Waals surface area (Å²) in [4.78, 5) is 4.15. The number of aliphatic hydroxyl groups excluding tert-OH is 1. The fraction of sp³-hybridized carbons (Fsp3) is 0.278. The maximum atomic E-state index is 11.8. The van der Waals surface area contributed by atoms with Gasteiger partial charge in [-0.1, -0.05) is 42.1 Å². The van der Waals surface area contributed by atoms with Crippen LogP contribution in [0.3, 0.4) is 0 Å². The smallest absolute Gasteiger partial charge is 0.192 e. The molecule has 1 N–H and O–H groups in total. The molecular formula is C18H18N4O3S2. The van der Waals surface area contributed by atoms with E-state index in [2.05, 4.69) is 15.2 Å². The van der Waals surface area contributed by atoms with Crippen LogP contribution in [0, 0.1) is 0 Å². The van der Waals surface area contributed by atoms with E-state index in [1.54, 1.807) is 12.4 Å². The predicted octanol–water partition coefficient (Wildman–Crippen LogP) is 1.64. The lowest BCUT2D eigenvalue weighted by Gasteiger charge is -2.14. The first-order chi connectivity index (χ1) is 13.0. The maximum absolute atomic E-state index is 11.8. The van der Waals surface area contributed by atoms with Gasteiger partial charge in [-0.25, -0.2) is 8.42 Å². The van der Waals surface area contributed by atoms with Gasteiger partial charge in [-0.05, 0) is 17.7 Å². The van der Waals surface area contributed by atoms with E-state index >= 15 is 0 Å². The third-order valence-electron chi connectivity index (χ3n) is 4.35. The van der Waals surface area contributed by atoms with Gasteiger partial charge in [0.05, 0.1) is 29.4 Å². The summed E-state index contributed by atoms with van der Waals surface area (Å²) >= 11 is 1.26. The molecular weight excluding hydrogens is 384 g/mol. The standard InChI is InChI=1S/C18H18N4O3S2/c23-15-11-27(24,25)12-16(15)26-18-21-20-17(14-7-4-8-19-9-14)22(18)10-13-5-2-1-3-6-13/h1-9,15-16,23H,10-12H2/t15-,16-/m0/s1. The zero-order valence-electron chi connectivity index (χ0n) is 14.3. The van der Waals surface area contributed by atoms with Gasteiger partial charge in [0.2, 0.25) is 0 Å². The van der Waals surface area contributed by atoms with Gasteiger partial charge in [-0.2, -0.15) is 0 Å². The minimum absolute atomic E-state index is 0.0563. The Balaban J connectivity index is 1.70. The molecule has 0 unspecified atom stereocenters. The largest absolute Gasteiger partial charge is 0.391 e. The van der Waals surface area contributed by atoms with Gasteiger partial charge in [0.15, 0.2) is 20.8 Å². The zero-order chi connectivity index (χ0) is 18.9. The molecule has 7 nitrogen and oxygen atoms in total.